The minimum atomic E-state index is -4.42. The van der Waals surface area contributed by atoms with Crippen molar-refractivity contribution in [2.24, 2.45) is 0 Å². The van der Waals surface area contributed by atoms with E-state index in [-0.39, 0.29) is 11.9 Å². The molecule has 0 spiro atoms. The van der Waals surface area contributed by atoms with Crippen molar-refractivity contribution in [1.82, 2.24) is 14.6 Å². The molecule has 1 fully saturated rings. The first-order chi connectivity index (χ1) is 19.2. The Hall–Kier alpha value is -2.95. The first kappa shape index (κ1) is 32.6. The summed E-state index contributed by atoms with van der Waals surface area (Å²) in [6.07, 6.45) is 4.08. The van der Waals surface area contributed by atoms with Gasteiger partial charge in [-0.15, -0.1) is 6.42 Å². The van der Waals surface area contributed by atoms with Gasteiger partial charge in [-0.05, 0) is 51.0 Å². The van der Waals surface area contributed by atoms with Crippen molar-refractivity contribution in [3.63, 3.8) is 0 Å². The molecule has 13 nitrogen and oxygen atoms in total. The van der Waals surface area contributed by atoms with E-state index in [4.69, 9.17) is 36.5 Å². The Balaban J connectivity index is 1.88. The summed E-state index contributed by atoms with van der Waals surface area (Å²) in [6.45, 7) is 5.66. The van der Waals surface area contributed by atoms with Gasteiger partial charge in [-0.25, -0.2) is 9.36 Å². The molecule has 41 heavy (non-hydrogen) atoms. The zero-order valence-electron chi connectivity index (χ0n) is 22.9. The number of nitrogens with zero attached hydrogens (tertiary/aromatic N) is 1. The number of terminal acetylenes is 1. The number of esters is 1. The number of aliphatic hydroxyl groups excluding tert-OH is 1. The van der Waals surface area contributed by atoms with Crippen molar-refractivity contribution >= 4 is 25.3 Å². The number of ether oxygens (including phenoxy) is 2. The van der Waals surface area contributed by atoms with E-state index in [2.05, 4.69) is 11.0 Å². The first-order valence-corrected chi connectivity index (χ1v) is 14.7. The molecule has 224 valence electrons. The fraction of sp³-hybridized carbons (Fsp3) is 0.500. The van der Waals surface area contributed by atoms with Gasteiger partial charge >= 0.3 is 19.4 Å². The summed E-state index contributed by atoms with van der Waals surface area (Å²) in [6, 6.07) is 5.65. The lowest BCUT2D eigenvalue weighted by Gasteiger charge is -2.36. The Labute approximate surface area is 241 Å². The summed E-state index contributed by atoms with van der Waals surface area (Å²) in [5.41, 5.74) is -6.26. The molecule has 3 rings (SSSR count). The second-order valence-electron chi connectivity index (χ2n) is 9.54. The summed E-state index contributed by atoms with van der Waals surface area (Å²) in [5, 5.41) is 25.1. The third-order valence-corrected chi connectivity index (χ3v) is 8.61. The lowest BCUT2D eigenvalue weighted by atomic mass is 9.87. The average molecular weight is 614 g/mol. The molecule has 15 heteroatoms. The maximum atomic E-state index is 13.9. The first-order valence-electron chi connectivity index (χ1n) is 12.8. The predicted molar refractivity (Wildman–Crippen MR) is 148 cm³/mol. The minimum absolute atomic E-state index is 0.0726. The number of aliphatic hydroxyl groups is 2. The number of carbonyl (C=O) groups is 1. The van der Waals surface area contributed by atoms with Crippen molar-refractivity contribution in [1.29, 1.82) is 0 Å². The van der Waals surface area contributed by atoms with Crippen LogP contribution in [0.5, 0.6) is 5.75 Å². The van der Waals surface area contributed by atoms with Gasteiger partial charge in [0.2, 0.25) is 5.60 Å². The van der Waals surface area contributed by atoms with E-state index in [0.29, 0.717) is 17.9 Å². The van der Waals surface area contributed by atoms with E-state index in [1.54, 1.807) is 0 Å². The number of nitrogens with one attached hydrogen (secondary N) is 2. The van der Waals surface area contributed by atoms with Gasteiger partial charge in [0.25, 0.3) is 5.56 Å². The standard InChI is InChI=1S/C26H33ClN3O10P/c1-6-18(7-2)38-23(33)16(4)29-41(36,40-19-11-9-17(27)10-12-19)37-15-20-22(32)26(35,8-3)25(5,39-20)30-14-13-21(31)28-24(30)34/h3,9-14,16,18,20,22,32,35H,6-7,15H2,1-2,4-5H3,(H,29,36)(H,28,31,34)/t16-,20+,22+,25?,26+,41?/m0/s1. The number of H-pyrrole nitrogens is 1. The Kier molecular flexibility index (Phi) is 10.3. The lowest BCUT2D eigenvalue weighted by Crippen LogP contribution is -2.58. The van der Waals surface area contributed by atoms with Gasteiger partial charge in [0.1, 0.15) is 30.1 Å². The number of rotatable bonds is 12. The molecule has 4 N–H and O–H groups in total. The van der Waals surface area contributed by atoms with Crippen LogP contribution in [-0.4, -0.2) is 62.3 Å². The third-order valence-electron chi connectivity index (χ3n) is 6.72. The van der Waals surface area contributed by atoms with Crippen LogP contribution in [0.3, 0.4) is 0 Å². The highest BCUT2D eigenvalue weighted by molar-refractivity contribution is 7.52. The monoisotopic (exact) mass is 613 g/mol. The fourth-order valence-corrected chi connectivity index (χ4v) is 5.87. The predicted octanol–water partition coefficient (Wildman–Crippen LogP) is 1.90. The number of halogens is 1. The van der Waals surface area contributed by atoms with E-state index in [9.17, 15) is 29.2 Å². The van der Waals surface area contributed by atoms with Crippen LogP contribution < -0.4 is 20.9 Å². The molecule has 1 aliphatic rings. The van der Waals surface area contributed by atoms with Gasteiger partial charge in [-0.3, -0.25) is 23.7 Å². The summed E-state index contributed by atoms with van der Waals surface area (Å²) < 4.78 is 37.1. The summed E-state index contributed by atoms with van der Waals surface area (Å²) >= 11 is 5.92. The topological polar surface area (TPSA) is 178 Å². The molecule has 1 aromatic heterocycles. The Morgan fingerprint density at radius 2 is 1.93 bits per heavy atom. The Bertz CT molecular complexity index is 1440. The molecule has 0 amide bonds. The SMILES string of the molecule is C#C[C@@]1(O)[C@H](O)[C@@H](COP(=O)(N[C@@H](C)C(=O)OC(CC)CC)Oc2ccc(Cl)cc2)OC1(C)n1ccc(=O)[nH]c1=O. The zero-order chi connectivity index (χ0) is 30.6. The number of benzene rings is 1. The van der Waals surface area contributed by atoms with Gasteiger partial charge in [0, 0.05) is 17.3 Å². The summed E-state index contributed by atoms with van der Waals surface area (Å²) in [5.74, 6) is 1.42. The molecule has 2 unspecified atom stereocenters. The van der Waals surface area contributed by atoms with E-state index in [0.717, 1.165) is 16.8 Å². The van der Waals surface area contributed by atoms with Gasteiger partial charge in [0.05, 0.1) is 6.61 Å². The van der Waals surface area contributed by atoms with Crippen LogP contribution in [0.15, 0.2) is 46.1 Å². The van der Waals surface area contributed by atoms with Gasteiger partial charge in [-0.2, -0.15) is 5.09 Å². The van der Waals surface area contributed by atoms with Crippen molar-refractivity contribution < 1.29 is 38.1 Å². The van der Waals surface area contributed by atoms with Crippen LogP contribution in [0.1, 0.15) is 40.5 Å². The van der Waals surface area contributed by atoms with Crippen LogP contribution in [0.25, 0.3) is 0 Å². The molecule has 0 radical (unpaired) electrons. The molecule has 6 atom stereocenters. The zero-order valence-corrected chi connectivity index (χ0v) is 24.6. The molecule has 0 aliphatic carbocycles. The maximum absolute atomic E-state index is 13.9. The second kappa shape index (κ2) is 12.9. The molecular formula is C26H33ClN3O10P. The number of hydrogen-bond acceptors (Lipinski definition) is 10. The lowest BCUT2D eigenvalue weighted by molar-refractivity contribution is -0.161. The van der Waals surface area contributed by atoms with Gasteiger partial charge in [-0.1, -0.05) is 31.4 Å². The minimum Gasteiger partial charge on any atom is -0.461 e. The van der Waals surface area contributed by atoms with Gasteiger partial charge < -0.3 is 24.2 Å². The molecule has 1 aliphatic heterocycles. The maximum Gasteiger partial charge on any atom is 0.459 e. The van der Waals surface area contributed by atoms with E-state index in [1.165, 1.54) is 38.1 Å². The smallest absolute Gasteiger partial charge is 0.459 e. The number of aromatic nitrogens is 2. The van der Waals surface area contributed by atoms with Gasteiger partial charge in [0.15, 0.2) is 5.72 Å². The highest BCUT2D eigenvalue weighted by Crippen LogP contribution is 2.48. The largest absolute Gasteiger partial charge is 0.461 e. The Morgan fingerprint density at radius 1 is 1.29 bits per heavy atom. The third kappa shape index (κ3) is 6.93. The van der Waals surface area contributed by atoms with Crippen molar-refractivity contribution in [2.75, 3.05) is 6.61 Å². The van der Waals surface area contributed by atoms with Crippen LogP contribution in [-0.2, 0) is 29.1 Å². The quantitative estimate of drug-likeness (QED) is 0.156. The Morgan fingerprint density at radius 3 is 2.49 bits per heavy atom. The van der Waals surface area contributed by atoms with Crippen molar-refractivity contribution in [2.45, 2.75) is 76.2 Å². The average Bonchev–Trinajstić information content (AvgIpc) is 3.13. The highest BCUT2D eigenvalue weighted by atomic mass is 35.5. The molecule has 0 saturated carbocycles. The van der Waals surface area contributed by atoms with Crippen LogP contribution in [0, 0.1) is 12.3 Å². The summed E-state index contributed by atoms with van der Waals surface area (Å²) in [4.78, 5) is 38.8. The molecule has 2 aromatic rings. The number of carbonyl (C=O) groups excluding carboxylic acids is 1. The second-order valence-corrected chi connectivity index (χ2v) is 11.7. The number of aromatic amines is 1. The van der Waals surface area contributed by atoms with Crippen molar-refractivity contribution in [3.8, 4) is 18.1 Å². The molecular weight excluding hydrogens is 581 g/mol. The fourth-order valence-electron chi connectivity index (χ4n) is 4.24. The van der Waals surface area contributed by atoms with E-state index in [1.807, 2.05) is 18.8 Å². The van der Waals surface area contributed by atoms with E-state index >= 15 is 0 Å². The number of hydrogen-bond donors (Lipinski definition) is 4. The molecule has 0 bridgehead atoms. The van der Waals surface area contributed by atoms with Crippen LogP contribution >= 0.6 is 19.3 Å². The molecule has 1 aromatic carbocycles. The van der Waals surface area contributed by atoms with Crippen LogP contribution in [0.2, 0.25) is 5.02 Å². The van der Waals surface area contributed by atoms with Crippen molar-refractivity contribution in [3.05, 3.63) is 62.4 Å². The molecule has 2 heterocycles. The normalized spacial score (nSPS) is 26.2. The highest BCUT2D eigenvalue weighted by Gasteiger charge is 2.64. The van der Waals surface area contributed by atoms with Crippen LogP contribution in [0.4, 0.5) is 0 Å². The summed E-state index contributed by atoms with van der Waals surface area (Å²) in [7, 11) is -4.42. The van der Waals surface area contributed by atoms with E-state index < -0.39 is 61.1 Å². The molecule has 1 saturated heterocycles.